The lowest BCUT2D eigenvalue weighted by molar-refractivity contribution is 0.0591. The zero-order chi connectivity index (χ0) is 23.1. The molecular weight excluding hydrogens is 400 g/mol. The molecule has 8 nitrogen and oxygen atoms in total. The molecule has 168 valence electrons. The molecule has 2 aromatic rings. The van der Waals surface area contributed by atoms with Crippen LogP contribution in [-0.4, -0.2) is 68.1 Å². The highest BCUT2D eigenvalue weighted by atomic mass is 16.5. The van der Waals surface area contributed by atoms with E-state index < -0.39 is 12.0 Å². The zero-order valence-corrected chi connectivity index (χ0v) is 18.9. The molecule has 0 fully saturated rings. The number of aromatic amines is 1. The summed E-state index contributed by atoms with van der Waals surface area (Å²) >= 11 is 0. The smallest absolute Gasteiger partial charge is 0.354 e. The maximum atomic E-state index is 13.4. The van der Waals surface area contributed by atoms with Crippen molar-refractivity contribution in [2.45, 2.75) is 33.2 Å². The molecule has 8 heteroatoms. The number of aryl methyl sites for hydroxylation is 1. The first-order valence-electron chi connectivity index (χ1n) is 10.0. The van der Waals surface area contributed by atoms with Gasteiger partial charge in [-0.15, -0.1) is 0 Å². The van der Waals surface area contributed by atoms with Gasteiger partial charge in [0.05, 0.1) is 20.3 Å². The Morgan fingerprint density at radius 2 is 1.84 bits per heavy atom. The fourth-order valence-electron chi connectivity index (χ4n) is 3.55. The predicted octanol–water partition coefficient (Wildman–Crippen LogP) is 3.18. The van der Waals surface area contributed by atoms with E-state index in [2.05, 4.69) is 4.98 Å². The van der Waals surface area contributed by atoms with Gasteiger partial charge in [0.15, 0.2) is 5.78 Å². The molecule has 1 atom stereocenters. The number of aromatic nitrogens is 1. The van der Waals surface area contributed by atoms with Crippen LogP contribution >= 0.6 is 0 Å². The largest absolute Gasteiger partial charge is 0.497 e. The van der Waals surface area contributed by atoms with Crippen molar-refractivity contribution in [3.63, 3.8) is 0 Å². The number of hydrogen-bond donors (Lipinski definition) is 1. The lowest BCUT2D eigenvalue weighted by atomic mass is 9.99. The number of amides is 1. The van der Waals surface area contributed by atoms with E-state index in [4.69, 9.17) is 14.2 Å². The first-order chi connectivity index (χ1) is 14.8. The molecule has 2 rings (SSSR count). The summed E-state index contributed by atoms with van der Waals surface area (Å²) in [6, 6.07) is 6.06. The van der Waals surface area contributed by atoms with E-state index >= 15 is 0 Å². The monoisotopic (exact) mass is 430 g/mol. The van der Waals surface area contributed by atoms with Crippen molar-refractivity contribution >= 4 is 17.7 Å². The quantitative estimate of drug-likeness (QED) is 0.353. The summed E-state index contributed by atoms with van der Waals surface area (Å²) in [7, 11) is 4.40. The number of nitrogens with one attached hydrogen (secondary N) is 1. The Morgan fingerprint density at radius 1 is 1.13 bits per heavy atom. The Labute approximate surface area is 182 Å². The molecule has 0 aliphatic carbocycles. The van der Waals surface area contributed by atoms with Gasteiger partial charge in [0.2, 0.25) is 0 Å². The van der Waals surface area contributed by atoms with Gasteiger partial charge in [-0.25, -0.2) is 4.79 Å². The van der Waals surface area contributed by atoms with Crippen LogP contribution in [0.5, 0.6) is 5.75 Å². The number of ketones is 1. The van der Waals surface area contributed by atoms with Crippen LogP contribution in [0, 0.1) is 13.8 Å². The minimum atomic E-state index is -0.755. The average molecular weight is 431 g/mol. The molecule has 1 N–H and O–H groups in total. The first-order valence-corrected chi connectivity index (χ1v) is 10.0. The number of methoxy groups -OCH3 is 3. The Bertz CT molecular complexity index is 950. The molecule has 1 amide bonds. The summed E-state index contributed by atoms with van der Waals surface area (Å²) < 4.78 is 15.1. The number of rotatable bonds is 10. The molecule has 1 heterocycles. The summed E-state index contributed by atoms with van der Waals surface area (Å²) in [4.78, 5) is 43.2. The zero-order valence-electron chi connectivity index (χ0n) is 18.9. The van der Waals surface area contributed by atoms with Crippen LogP contribution in [0.2, 0.25) is 0 Å². The standard InChI is InChI=1S/C23H30N2O6/c1-14-19(15(2)24-20(14)23(28)31-6)21(26)16(3)25(11-8-12-29-4)22(27)17-9-7-10-18(13-17)30-5/h7,9-10,13,16,24H,8,11-12H2,1-6H3/t16-/m0/s1. The Kier molecular flexibility index (Phi) is 8.38. The van der Waals surface area contributed by atoms with Crippen LogP contribution in [0.3, 0.4) is 0 Å². The van der Waals surface area contributed by atoms with Crippen LogP contribution in [0.1, 0.15) is 55.8 Å². The number of hydrogen-bond acceptors (Lipinski definition) is 6. The van der Waals surface area contributed by atoms with Crippen molar-refractivity contribution in [3.8, 4) is 5.75 Å². The maximum absolute atomic E-state index is 13.4. The first kappa shape index (κ1) is 24.1. The average Bonchev–Trinajstić information content (AvgIpc) is 3.08. The molecule has 0 radical (unpaired) electrons. The summed E-state index contributed by atoms with van der Waals surface area (Å²) in [6.45, 7) is 5.89. The fraction of sp³-hybridized carbons (Fsp3) is 0.435. The number of ether oxygens (including phenoxy) is 3. The molecule has 1 aromatic heterocycles. The van der Waals surface area contributed by atoms with E-state index in [-0.39, 0.29) is 17.4 Å². The van der Waals surface area contributed by atoms with Crippen molar-refractivity contribution in [2.24, 2.45) is 0 Å². The highest BCUT2D eigenvalue weighted by molar-refractivity contribution is 6.07. The topological polar surface area (TPSA) is 97.9 Å². The minimum Gasteiger partial charge on any atom is -0.497 e. The molecule has 31 heavy (non-hydrogen) atoms. The van der Waals surface area contributed by atoms with Gasteiger partial charge < -0.3 is 24.1 Å². The second-order valence-corrected chi connectivity index (χ2v) is 7.23. The summed E-state index contributed by atoms with van der Waals surface area (Å²) in [5, 5.41) is 0. The third kappa shape index (κ3) is 5.32. The number of H-pyrrole nitrogens is 1. The fourth-order valence-corrected chi connectivity index (χ4v) is 3.55. The molecule has 0 unspecified atom stereocenters. The van der Waals surface area contributed by atoms with Gasteiger partial charge in [0.1, 0.15) is 11.4 Å². The highest BCUT2D eigenvalue weighted by Crippen LogP contribution is 2.23. The normalized spacial score (nSPS) is 11.7. The van der Waals surface area contributed by atoms with Gasteiger partial charge in [0.25, 0.3) is 5.91 Å². The van der Waals surface area contributed by atoms with Gasteiger partial charge >= 0.3 is 5.97 Å². The number of carbonyl (C=O) groups excluding carboxylic acids is 3. The lowest BCUT2D eigenvalue weighted by Crippen LogP contribution is -2.44. The summed E-state index contributed by atoms with van der Waals surface area (Å²) in [6.07, 6.45) is 0.572. The van der Waals surface area contributed by atoms with E-state index in [1.807, 2.05) is 0 Å². The second kappa shape index (κ2) is 10.8. The van der Waals surface area contributed by atoms with Crippen LogP contribution in [-0.2, 0) is 9.47 Å². The summed E-state index contributed by atoms with van der Waals surface area (Å²) in [5.74, 6) is -0.525. The van der Waals surface area contributed by atoms with Crippen molar-refractivity contribution in [1.29, 1.82) is 0 Å². The van der Waals surface area contributed by atoms with Crippen LogP contribution < -0.4 is 4.74 Å². The van der Waals surface area contributed by atoms with Gasteiger partial charge in [-0.2, -0.15) is 0 Å². The van der Waals surface area contributed by atoms with Crippen LogP contribution in [0.25, 0.3) is 0 Å². The Hall–Kier alpha value is -3.13. The van der Waals surface area contributed by atoms with Crippen molar-refractivity contribution < 1.29 is 28.6 Å². The third-order valence-electron chi connectivity index (χ3n) is 5.25. The van der Waals surface area contributed by atoms with Crippen molar-refractivity contribution in [1.82, 2.24) is 9.88 Å². The SMILES string of the molecule is COCCCN(C(=O)c1cccc(OC)c1)[C@@H](C)C(=O)c1c(C)[nH]c(C(=O)OC)c1C. The van der Waals surface area contributed by atoms with Crippen LogP contribution in [0.15, 0.2) is 24.3 Å². The number of benzene rings is 1. The number of Topliss-reactive ketones (excluding diaryl/α,β-unsaturated/α-hetero) is 1. The minimum absolute atomic E-state index is 0.237. The van der Waals surface area contributed by atoms with E-state index in [1.165, 1.54) is 19.1 Å². The molecular formula is C23H30N2O6. The maximum Gasteiger partial charge on any atom is 0.354 e. The van der Waals surface area contributed by atoms with E-state index in [0.717, 1.165) is 0 Å². The molecule has 0 aliphatic heterocycles. The highest BCUT2D eigenvalue weighted by Gasteiger charge is 2.31. The van der Waals surface area contributed by atoms with Crippen molar-refractivity contribution in [2.75, 3.05) is 34.5 Å². The number of esters is 1. The lowest BCUT2D eigenvalue weighted by Gasteiger charge is -2.29. The van der Waals surface area contributed by atoms with E-state index in [9.17, 15) is 14.4 Å². The third-order valence-corrected chi connectivity index (χ3v) is 5.25. The van der Waals surface area contributed by atoms with Crippen molar-refractivity contribution in [3.05, 3.63) is 52.3 Å². The van der Waals surface area contributed by atoms with Gasteiger partial charge in [-0.3, -0.25) is 9.59 Å². The molecule has 0 saturated carbocycles. The molecule has 0 bridgehead atoms. The predicted molar refractivity (Wildman–Crippen MR) is 116 cm³/mol. The molecule has 0 aliphatic rings. The van der Waals surface area contributed by atoms with E-state index in [0.29, 0.717) is 47.7 Å². The Morgan fingerprint density at radius 3 is 2.45 bits per heavy atom. The molecule has 1 aromatic carbocycles. The second-order valence-electron chi connectivity index (χ2n) is 7.23. The van der Waals surface area contributed by atoms with Gasteiger partial charge in [-0.1, -0.05) is 6.07 Å². The van der Waals surface area contributed by atoms with Gasteiger partial charge in [0, 0.05) is 37.1 Å². The van der Waals surface area contributed by atoms with Gasteiger partial charge in [-0.05, 0) is 51.0 Å². The molecule has 0 spiro atoms. The Balaban J connectivity index is 2.39. The van der Waals surface area contributed by atoms with Crippen LogP contribution in [0.4, 0.5) is 0 Å². The van der Waals surface area contributed by atoms with E-state index in [1.54, 1.807) is 52.1 Å². The number of carbonyl (C=O) groups is 3. The number of nitrogens with zero attached hydrogens (tertiary/aromatic N) is 1. The molecule has 0 saturated heterocycles. The summed E-state index contributed by atoms with van der Waals surface area (Å²) in [5.41, 5.74) is 2.12.